The molecule has 2 heterocycles. The lowest BCUT2D eigenvalue weighted by molar-refractivity contribution is -0.757. The highest BCUT2D eigenvalue weighted by Gasteiger charge is 2.19. The number of halogens is 1. The fraction of sp³-hybridized carbons (Fsp3) is 0.200. The first-order valence-electron chi connectivity index (χ1n) is 12.6. The van der Waals surface area contributed by atoms with Crippen molar-refractivity contribution in [3.8, 4) is 5.75 Å². The molecule has 10 heteroatoms. The Bertz CT molecular complexity index is 1680. The molecule has 0 N–H and O–H groups in total. The van der Waals surface area contributed by atoms with Gasteiger partial charge in [-0.05, 0) is 60.5 Å². The van der Waals surface area contributed by atoms with E-state index in [1.165, 1.54) is 0 Å². The molecule has 0 fully saturated rings. The number of carbonyl (C=O) groups is 1. The van der Waals surface area contributed by atoms with Gasteiger partial charge in [0, 0.05) is 33.6 Å². The molecule has 0 radical (unpaired) electrons. The number of esters is 1. The molecule has 0 atom stereocenters. The average molecular weight is 560 g/mol. The molecule has 0 bridgehead atoms. The maximum Gasteiger partial charge on any atom is 0.310 e. The summed E-state index contributed by atoms with van der Waals surface area (Å²) in [4.78, 5) is 31.9. The van der Waals surface area contributed by atoms with Crippen LogP contribution in [0.3, 0.4) is 0 Å². The standard InChI is InChI=1S/C30H26ClN3O6/c1-20-26(17-30(35)38-14-15-40-34(36)37)27-16-25(39-19-24-11-8-22-4-2-3-5-28(22)32-24)12-13-29(27)33(20)18-21-6-9-23(31)10-7-21/h2-13,16H,14-15,17-19H2,1H3. The largest absolute Gasteiger partial charge is 0.487 e. The zero-order valence-electron chi connectivity index (χ0n) is 21.7. The fourth-order valence-corrected chi connectivity index (χ4v) is 4.75. The van der Waals surface area contributed by atoms with Crippen LogP contribution in [0, 0.1) is 17.0 Å². The molecule has 0 saturated carbocycles. The summed E-state index contributed by atoms with van der Waals surface area (Å²) in [5.41, 5.74) is 5.38. The van der Waals surface area contributed by atoms with Gasteiger partial charge in [0.15, 0.2) is 0 Å². The van der Waals surface area contributed by atoms with Crippen molar-refractivity contribution in [3.63, 3.8) is 0 Å². The van der Waals surface area contributed by atoms with Crippen molar-refractivity contribution < 1.29 is 24.2 Å². The highest BCUT2D eigenvalue weighted by Crippen LogP contribution is 2.31. The highest BCUT2D eigenvalue weighted by molar-refractivity contribution is 6.30. The maximum absolute atomic E-state index is 12.6. The van der Waals surface area contributed by atoms with Gasteiger partial charge in [0.25, 0.3) is 5.09 Å². The van der Waals surface area contributed by atoms with Crippen LogP contribution in [0.1, 0.15) is 22.5 Å². The Kier molecular flexibility index (Phi) is 8.12. The molecular formula is C30H26ClN3O6. The molecule has 0 amide bonds. The van der Waals surface area contributed by atoms with Crippen LogP contribution in [0.15, 0.2) is 78.9 Å². The monoisotopic (exact) mass is 559 g/mol. The zero-order valence-corrected chi connectivity index (χ0v) is 22.5. The third kappa shape index (κ3) is 6.32. The van der Waals surface area contributed by atoms with Crippen molar-refractivity contribution in [2.45, 2.75) is 26.5 Å². The van der Waals surface area contributed by atoms with Crippen molar-refractivity contribution in [2.75, 3.05) is 13.2 Å². The second-order valence-corrected chi connectivity index (χ2v) is 9.63. The van der Waals surface area contributed by atoms with Crippen molar-refractivity contribution >= 4 is 39.4 Å². The van der Waals surface area contributed by atoms with Crippen LogP contribution in [0.2, 0.25) is 5.02 Å². The predicted octanol–water partition coefficient (Wildman–Crippen LogP) is 6.07. The Labute approximate surface area is 235 Å². The van der Waals surface area contributed by atoms with Gasteiger partial charge in [0.1, 0.15) is 25.6 Å². The summed E-state index contributed by atoms with van der Waals surface area (Å²) in [5.74, 6) is 0.132. The van der Waals surface area contributed by atoms with E-state index in [0.29, 0.717) is 17.3 Å². The third-order valence-electron chi connectivity index (χ3n) is 6.59. The van der Waals surface area contributed by atoms with Crippen LogP contribution < -0.4 is 4.74 Å². The quantitative estimate of drug-likeness (QED) is 0.0836. The molecule has 40 heavy (non-hydrogen) atoms. The van der Waals surface area contributed by atoms with Gasteiger partial charge < -0.3 is 18.9 Å². The summed E-state index contributed by atoms with van der Waals surface area (Å²) in [6.07, 6.45) is -0.00982. The van der Waals surface area contributed by atoms with Gasteiger partial charge in [-0.25, -0.2) is 4.98 Å². The van der Waals surface area contributed by atoms with Crippen LogP contribution in [0.25, 0.3) is 21.8 Å². The van der Waals surface area contributed by atoms with Gasteiger partial charge in [-0.15, -0.1) is 10.1 Å². The van der Waals surface area contributed by atoms with Crippen LogP contribution in [-0.2, 0) is 33.9 Å². The van der Waals surface area contributed by atoms with Crippen molar-refractivity contribution in [3.05, 3.63) is 117 Å². The number of pyridine rings is 1. The van der Waals surface area contributed by atoms with Crippen molar-refractivity contribution in [1.29, 1.82) is 0 Å². The van der Waals surface area contributed by atoms with E-state index in [1.807, 2.05) is 85.8 Å². The van der Waals surface area contributed by atoms with E-state index in [2.05, 4.69) is 14.4 Å². The van der Waals surface area contributed by atoms with Crippen molar-refractivity contribution in [1.82, 2.24) is 9.55 Å². The number of aromatic nitrogens is 2. The van der Waals surface area contributed by atoms with E-state index < -0.39 is 11.1 Å². The Morgan fingerprint density at radius 1 is 1.02 bits per heavy atom. The summed E-state index contributed by atoms with van der Waals surface area (Å²) >= 11 is 6.07. The molecule has 0 spiro atoms. The zero-order chi connectivity index (χ0) is 28.1. The van der Waals surface area contributed by atoms with Gasteiger partial charge in [0.2, 0.25) is 0 Å². The minimum absolute atomic E-state index is 0.00982. The molecule has 0 unspecified atom stereocenters. The van der Waals surface area contributed by atoms with Gasteiger partial charge in [-0.2, -0.15) is 0 Å². The normalized spacial score (nSPS) is 11.1. The Balaban J connectivity index is 1.41. The van der Waals surface area contributed by atoms with Gasteiger partial charge >= 0.3 is 5.97 Å². The molecule has 0 aliphatic carbocycles. The molecule has 204 valence electrons. The molecule has 5 aromatic rings. The lowest BCUT2D eigenvalue weighted by atomic mass is 10.1. The molecule has 5 rings (SSSR count). The number of ether oxygens (including phenoxy) is 2. The number of hydrogen-bond donors (Lipinski definition) is 0. The Morgan fingerprint density at radius 2 is 1.82 bits per heavy atom. The van der Waals surface area contributed by atoms with Crippen LogP contribution in [0.4, 0.5) is 0 Å². The van der Waals surface area contributed by atoms with E-state index in [1.54, 1.807) is 0 Å². The first kappa shape index (κ1) is 27.0. The molecular weight excluding hydrogens is 534 g/mol. The first-order chi connectivity index (χ1) is 19.4. The lowest BCUT2D eigenvalue weighted by Crippen LogP contribution is -2.15. The molecule has 0 saturated heterocycles. The van der Waals surface area contributed by atoms with Gasteiger partial charge in [-0.1, -0.05) is 48.0 Å². The Hall–Kier alpha value is -4.63. The van der Waals surface area contributed by atoms with E-state index in [9.17, 15) is 14.9 Å². The summed E-state index contributed by atoms with van der Waals surface area (Å²) in [5, 5.41) is 12.0. The summed E-state index contributed by atoms with van der Waals surface area (Å²) < 4.78 is 13.4. The number of carbonyl (C=O) groups excluding carboxylic acids is 1. The highest BCUT2D eigenvalue weighted by atomic mass is 35.5. The number of nitrogens with zero attached hydrogens (tertiary/aromatic N) is 3. The molecule has 9 nitrogen and oxygen atoms in total. The van der Waals surface area contributed by atoms with Gasteiger partial charge in [0.05, 0.1) is 17.6 Å². The molecule has 3 aromatic carbocycles. The summed E-state index contributed by atoms with van der Waals surface area (Å²) in [6, 6.07) is 25.3. The smallest absolute Gasteiger partial charge is 0.310 e. The van der Waals surface area contributed by atoms with Crippen molar-refractivity contribution in [2.24, 2.45) is 0 Å². The van der Waals surface area contributed by atoms with E-state index in [4.69, 9.17) is 21.1 Å². The van der Waals surface area contributed by atoms with Crippen LogP contribution >= 0.6 is 11.6 Å². The first-order valence-corrected chi connectivity index (χ1v) is 13.0. The SMILES string of the molecule is Cc1c(CC(=O)OCCO[N+](=O)[O-])c2cc(OCc3ccc4ccccc4n3)ccc2n1Cc1ccc(Cl)cc1. The number of hydrogen-bond acceptors (Lipinski definition) is 7. The lowest BCUT2D eigenvalue weighted by Gasteiger charge is -2.10. The number of benzene rings is 3. The van der Waals surface area contributed by atoms with E-state index >= 15 is 0 Å². The second kappa shape index (κ2) is 12.0. The molecule has 2 aromatic heterocycles. The molecule has 0 aliphatic heterocycles. The Morgan fingerprint density at radius 3 is 2.62 bits per heavy atom. The van der Waals surface area contributed by atoms with Crippen LogP contribution in [0.5, 0.6) is 5.75 Å². The fourth-order valence-electron chi connectivity index (χ4n) is 4.63. The van der Waals surface area contributed by atoms with Gasteiger partial charge in [-0.3, -0.25) is 4.79 Å². The number of para-hydroxylation sites is 1. The minimum Gasteiger partial charge on any atom is -0.487 e. The average Bonchev–Trinajstić information content (AvgIpc) is 3.20. The second-order valence-electron chi connectivity index (χ2n) is 9.19. The van der Waals surface area contributed by atoms with E-state index in [-0.39, 0.29) is 26.2 Å². The number of rotatable bonds is 11. The minimum atomic E-state index is -0.919. The van der Waals surface area contributed by atoms with Crippen LogP contribution in [-0.4, -0.2) is 33.8 Å². The van der Waals surface area contributed by atoms with E-state index in [0.717, 1.165) is 44.3 Å². The predicted molar refractivity (Wildman–Crippen MR) is 151 cm³/mol. The number of fused-ring (bicyclic) bond motifs is 2. The summed E-state index contributed by atoms with van der Waals surface area (Å²) in [6.45, 7) is 2.28. The maximum atomic E-state index is 12.6. The summed E-state index contributed by atoms with van der Waals surface area (Å²) in [7, 11) is 0. The molecule has 0 aliphatic rings. The topological polar surface area (TPSA) is 106 Å². The third-order valence-corrected chi connectivity index (χ3v) is 6.84.